The van der Waals surface area contributed by atoms with Crippen LogP contribution >= 0.6 is 23.2 Å². The fraction of sp³-hybridized carbons (Fsp3) is 0.250. The summed E-state index contributed by atoms with van der Waals surface area (Å²) in [5.41, 5.74) is 2.27. The number of carbonyl (C=O) groups excluding carboxylic acids is 3. The number of rotatable bonds is 1. The zero-order valence-corrected chi connectivity index (χ0v) is 15.0. The Labute approximate surface area is 159 Å². The first-order valence-electron chi connectivity index (χ1n) is 8.43. The van der Waals surface area contributed by atoms with Gasteiger partial charge in [-0.1, -0.05) is 47.5 Å². The summed E-state index contributed by atoms with van der Waals surface area (Å²) in [4.78, 5) is 40.2. The molecule has 0 aromatic heterocycles. The molecule has 6 heteroatoms. The third kappa shape index (κ3) is 2.00. The summed E-state index contributed by atoms with van der Waals surface area (Å²) in [7, 11) is 0. The van der Waals surface area contributed by atoms with Crippen LogP contribution in [0.25, 0.3) is 0 Å². The van der Waals surface area contributed by atoms with Crippen molar-refractivity contribution in [2.45, 2.75) is 18.3 Å². The molecule has 2 bridgehead atoms. The number of Topliss-reactive ketones (excluding diaryl/α,β-unsaturated/α-hetero) is 1. The fourth-order valence-corrected chi connectivity index (χ4v) is 5.40. The lowest BCUT2D eigenvalue weighted by atomic mass is 9.56. The van der Waals surface area contributed by atoms with E-state index in [9.17, 15) is 14.4 Å². The summed E-state index contributed by atoms with van der Waals surface area (Å²) in [6.07, 6.45) is 0.312. The normalized spacial score (nSPS) is 29.2. The Morgan fingerprint density at radius 2 is 1.46 bits per heavy atom. The Balaban J connectivity index is 1.66. The van der Waals surface area contributed by atoms with Gasteiger partial charge >= 0.3 is 0 Å². The van der Waals surface area contributed by atoms with Crippen LogP contribution in [0.3, 0.4) is 0 Å². The number of ketones is 1. The van der Waals surface area contributed by atoms with Crippen molar-refractivity contribution in [3.63, 3.8) is 0 Å². The van der Waals surface area contributed by atoms with Gasteiger partial charge in [0.15, 0.2) is 0 Å². The average molecular weight is 386 g/mol. The lowest BCUT2D eigenvalue weighted by molar-refractivity contribution is -0.134. The van der Waals surface area contributed by atoms with E-state index in [1.54, 1.807) is 18.2 Å². The molecule has 6 rings (SSSR count). The van der Waals surface area contributed by atoms with Gasteiger partial charge in [-0.25, -0.2) is 4.90 Å². The number of hydrogen-bond acceptors (Lipinski definition) is 3. The van der Waals surface area contributed by atoms with E-state index in [4.69, 9.17) is 23.2 Å². The standard InChI is InChI=1S/C20H13Cl2NO3/c21-9-5-10(22)7-11(6-9)23-19(25)17-14-8-15(24)16(18(17)20(23)26)13-4-2-1-3-12(13)14/h1-7,14,16-18H,8H2. The highest BCUT2D eigenvalue weighted by atomic mass is 35.5. The molecule has 26 heavy (non-hydrogen) atoms. The van der Waals surface area contributed by atoms with Crippen LogP contribution in [0.1, 0.15) is 29.4 Å². The maximum absolute atomic E-state index is 13.2. The van der Waals surface area contributed by atoms with Crippen molar-refractivity contribution in [1.29, 1.82) is 0 Å². The van der Waals surface area contributed by atoms with Gasteiger partial charge in [-0.05, 0) is 29.3 Å². The van der Waals surface area contributed by atoms with Gasteiger partial charge in [-0.3, -0.25) is 14.4 Å². The van der Waals surface area contributed by atoms with Crippen LogP contribution in [0.2, 0.25) is 10.0 Å². The number of hydrogen-bond donors (Lipinski definition) is 0. The van der Waals surface area contributed by atoms with Gasteiger partial charge in [0.05, 0.1) is 23.4 Å². The highest BCUT2D eigenvalue weighted by Gasteiger charge is 2.62. The van der Waals surface area contributed by atoms with Crippen molar-refractivity contribution in [1.82, 2.24) is 0 Å². The number of imide groups is 1. The molecule has 1 saturated heterocycles. The van der Waals surface area contributed by atoms with Gasteiger partial charge in [0.25, 0.3) is 0 Å². The molecule has 4 aliphatic rings. The number of anilines is 1. The Morgan fingerprint density at radius 3 is 2.15 bits per heavy atom. The van der Waals surface area contributed by atoms with E-state index in [-0.39, 0.29) is 23.5 Å². The van der Waals surface area contributed by atoms with Crippen LogP contribution in [-0.4, -0.2) is 17.6 Å². The minimum Gasteiger partial charge on any atom is -0.299 e. The molecule has 130 valence electrons. The predicted molar refractivity (Wildman–Crippen MR) is 97.5 cm³/mol. The molecule has 0 radical (unpaired) electrons. The molecule has 0 N–H and O–H groups in total. The monoisotopic (exact) mass is 385 g/mol. The summed E-state index contributed by atoms with van der Waals surface area (Å²) >= 11 is 12.1. The highest BCUT2D eigenvalue weighted by Crippen LogP contribution is 2.57. The van der Waals surface area contributed by atoms with Crippen LogP contribution in [0, 0.1) is 11.8 Å². The van der Waals surface area contributed by atoms with E-state index < -0.39 is 17.8 Å². The second kappa shape index (κ2) is 5.41. The molecule has 2 amide bonds. The Bertz CT molecular complexity index is 982. The molecule has 2 aromatic rings. The van der Waals surface area contributed by atoms with Gasteiger partial charge in [0.2, 0.25) is 11.8 Å². The van der Waals surface area contributed by atoms with Crippen molar-refractivity contribution < 1.29 is 14.4 Å². The summed E-state index contributed by atoms with van der Waals surface area (Å²) in [5.74, 6) is -2.49. The van der Waals surface area contributed by atoms with Gasteiger partial charge in [-0.2, -0.15) is 0 Å². The van der Waals surface area contributed by atoms with Gasteiger partial charge in [0.1, 0.15) is 5.78 Å². The smallest absolute Gasteiger partial charge is 0.238 e. The zero-order valence-electron chi connectivity index (χ0n) is 13.5. The summed E-state index contributed by atoms with van der Waals surface area (Å²) in [5, 5.41) is 0.704. The van der Waals surface area contributed by atoms with Gasteiger partial charge < -0.3 is 0 Å². The topological polar surface area (TPSA) is 54.5 Å². The average Bonchev–Trinajstić information content (AvgIpc) is 2.86. The fourth-order valence-electron chi connectivity index (χ4n) is 4.88. The molecule has 4 atom stereocenters. The minimum absolute atomic E-state index is 0.0436. The predicted octanol–water partition coefficient (Wildman–Crippen LogP) is 3.95. The van der Waals surface area contributed by atoms with Crippen LogP contribution in [0.4, 0.5) is 5.69 Å². The van der Waals surface area contributed by atoms with E-state index in [0.717, 1.165) is 16.0 Å². The number of benzene rings is 2. The Kier molecular flexibility index (Phi) is 3.34. The third-order valence-corrected chi connectivity index (χ3v) is 6.23. The van der Waals surface area contributed by atoms with Crippen LogP contribution < -0.4 is 4.90 Å². The lowest BCUT2D eigenvalue weighted by Gasteiger charge is -2.43. The first-order chi connectivity index (χ1) is 12.5. The molecule has 4 unspecified atom stereocenters. The third-order valence-electron chi connectivity index (χ3n) is 5.79. The second-order valence-electron chi connectivity index (χ2n) is 7.07. The van der Waals surface area contributed by atoms with Crippen LogP contribution in [0.15, 0.2) is 42.5 Å². The summed E-state index contributed by atoms with van der Waals surface area (Å²) < 4.78 is 0. The largest absolute Gasteiger partial charge is 0.299 e. The quantitative estimate of drug-likeness (QED) is 0.698. The molecule has 0 spiro atoms. The molecule has 2 fully saturated rings. The van der Waals surface area contributed by atoms with Gasteiger partial charge in [-0.15, -0.1) is 0 Å². The number of nitrogens with zero attached hydrogens (tertiary/aromatic N) is 1. The van der Waals surface area contributed by atoms with E-state index in [2.05, 4.69) is 0 Å². The Hall–Kier alpha value is -2.17. The van der Waals surface area contributed by atoms with Crippen molar-refractivity contribution in [3.8, 4) is 0 Å². The molecule has 1 saturated carbocycles. The SMILES string of the molecule is O=C1CC2c3ccccc3C1C1C(=O)N(c3cc(Cl)cc(Cl)c3)C(=O)C21. The molecular formula is C20H13Cl2NO3. The first kappa shape index (κ1) is 16.0. The summed E-state index contributed by atoms with van der Waals surface area (Å²) in [6, 6.07) is 12.3. The Morgan fingerprint density at radius 1 is 0.846 bits per heavy atom. The molecular weight excluding hydrogens is 373 g/mol. The van der Waals surface area contributed by atoms with Crippen molar-refractivity contribution >= 4 is 46.5 Å². The van der Waals surface area contributed by atoms with E-state index in [1.165, 1.54) is 0 Å². The zero-order chi connectivity index (χ0) is 18.2. The number of fused-ring (bicyclic) bond motifs is 1. The maximum atomic E-state index is 13.2. The lowest BCUT2D eigenvalue weighted by Crippen LogP contribution is -2.44. The molecule has 3 aliphatic carbocycles. The second-order valence-corrected chi connectivity index (χ2v) is 7.95. The minimum atomic E-state index is -0.638. The number of carbonyl (C=O) groups is 3. The van der Waals surface area contributed by atoms with Crippen molar-refractivity contribution in [3.05, 3.63) is 63.6 Å². The molecule has 1 aliphatic heterocycles. The number of halogens is 2. The number of amides is 2. The summed E-state index contributed by atoms with van der Waals surface area (Å²) in [6.45, 7) is 0. The first-order valence-corrected chi connectivity index (χ1v) is 9.18. The van der Waals surface area contributed by atoms with Crippen LogP contribution in [-0.2, 0) is 14.4 Å². The highest BCUT2D eigenvalue weighted by molar-refractivity contribution is 6.36. The van der Waals surface area contributed by atoms with E-state index >= 15 is 0 Å². The molecule has 2 aromatic carbocycles. The maximum Gasteiger partial charge on any atom is 0.238 e. The van der Waals surface area contributed by atoms with Crippen LogP contribution in [0.5, 0.6) is 0 Å². The van der Waals surface area contributed by atoms with E-state index in [0.29, 0.717) is 22.2 Å². The van der Waals surface area contributed by atoms with Gasteiger partial charge in [0, 0.05) is 22.4 Å². The van der Waals surface area contributed by atoms with E-state index in [1.807, 2.05) is 24.3 Å². The molecule has 4 nitrogen and oxygen atoms in total. The van der Waals surface area contributed by atoms with Crippen molar-refractivity contribution in [2.24, 2.45) is 11.8 Å². The van der Waals surface area contributed by atoms with Crippen molar-refractivity contribution in [2.75, 3.05) is 4.90 Å². The molecule has 1 heterocycles.